The van der Waals surface area contributed by atoms with E-state index in [9.17, 15) is 9.59 Å². The summed E-state index contributed by atoms with van der Waals surface area (Å²) in [5.74, 6) is 0. The zero-order valence-corrected chi connectivity index (χ0v) is 15.3. The number of nitrogens with zero attached hydrogens (tertiary/aromatic N) is 1. The van der Waals surface area contributed by atoms with Crippen LogP contribution in [0.1, 0.15) is 11.1 Å². The minimum atomic E-state index is -0.500. The summed E-state index contributed by atoms with van der Waals surface area (Å²) in [5, 5.41) is 2.91. The minimum absolute atomic E-state index is 0.142. The van der Waals surface area contributed by atoms with Crippen molar-refractivity contribution >= 4 is 29.8 Å². The quantitative estimate of drug-likeness (QED) is 0.805. The van der Waals surface area contributed by atoms with E-state index < -0.39 is 6.09 Å². The fraction of sp³-hybridized carbons (Fsp3) is 0.263. The van der Waals surface area contributed by atoms with Crippen molar-refractivity contribution in [2.75, 3.05) is 18.2 Å². The number of anilines is 1. The molecule has 3 amide bonds. The number of ether oxygens (including phenoxy) is 1. The Balaban J connectivity index is 1.74. The van der Waals surface area contributed by atoms with Gasteiger partial charge in [0.25, 0.3) is 0 Å². The lowest BCUT2D eigenvalue weighted by molar-refractivity contribution is 0.0995. The third-order valence-electron chi connectivity index (χ3n) is 4.23. The average molecular weight is 371 g/mol. The predicted octanol–water partition coefficient (Wildman–Crippen LogP) is 3.65. The SMILES string of the molecule is CSNC(=O)OC[C@@H]1Cc2ccccc2CN1C(=O)Nc1ccccc1. The first-order valence-electron chi connectivity index (χ1n) is 8.32. The normalized spacial score (nSPS) is 15.7. The second-order valence-corrected chi connectivity index (χ2v) is 6.57. The van der Waals surface area contributed by atoms with E-state index in [1.807, 2.05) is 48.5 Å². The Morgan fingerprint density at radius 1 is 1.12 bits per heavy atom. The molecule has 3 rings (SSSR count). The smallest absolute Gasteiger partial charge is 0.417 e. The summed E-state index contributed by atoms with van der Waals surface area (Å²) >= 11 is 1.18. The first-order valence-corrected chi connectivity index (χ1v) is 9.55. The molecule has 0 fully saturated rings. The summed E-state index contributed by atoms with van der Waals surface area (Å²) in [6.07, 6.45) is 1.89. The van der Waals surface area contributed by atoms with Gasteiger partial charge in [-0.15, -0.1) is 0 Å². The standard InChI is InChI=1S/C19H21N3O3S/c1-26-21-19(24)25-13-17-11-14-7-5-6-8-15(14)12-22(17)18(23)20-16-9-3-2-4-10-16/h2-10,17H,11-13H2,1H3,(H,20,23)(H,21,24)/t17-/m0/s1. The minimum Gasteiger partial charge on any atom is -0.447 e. The summed E-state index contributed by atoms with van der Waals surface area (Å²) in [6, 6.07) is 16.9. The number of para-hydroxylation sites is 1. The van der Waals surface area contributed by atoms with Gasteiger partial charge in [-0.2, -0.15) is 0 Å². The molecule has 0 unspecified atom stereocenters. The number of fused-ring (bicyclic) bond motifs is 1. The number of benzene rings is 2. The third kappa shape index (κ3) is 4.49. The lowest BCUT2D eigenvalue weighted by Gasteiger charge is -2.36. The first kappa shape index (κ1) is 18.1. The zero-order valence-electron chi connectivity index (χ0n) is 14.5. The van der Waals surface area contributed by atoms with Crippen LogP contribution < -0.4 is 10.0 Å². The molecule has 0 bridgehead atoms. The Labute approximate surface area is 157 Å². The van der Waals surface area contributed by atoms with Gasteiger partial charge in [0.05, 0.1) is 6.04 Å². The van der Waals surface area contributed by atoms with Crippen LogP contribution in [-0.4, -0.2) is 35.9 Å². The first-order chi connectivity index (χ1) is 12.7. The molecule has 6 nitrogen and oxygen atoms in total. The molecule has 26 heavy (non-hydrogen) atoms. The van der Waals surface area contributed by atoms with Gasteiger partial charge in [-0.3, -0.25) is 4.72 Å². The Morgan fingerprint density at radius 3 is 2.54 bits per heavy atom. The van der Waals surface area contributed by atoms with Crippen LogP contribution in [0.4, 0.5) is 15.3 Å². The molecule has 136 valence electrons. The highest BCUT2D eigenvalue weighted by Gasteiger charge is 2.30. The van der Waals surface area contributed by atoms with Gasteiger partial charge in [0, 0.05) is 18.5 Å². The average Bonchev–Trinajstić information content (AvgIpc) is 2.66. The molecule has 0 radical (unpaired) electrons. The highest BCUT2D eigenvalue weighted by molar-refractivity contribution is 7.97. The van der Waals surface area contributed by atoms with Crippen LogP contribution >= 0.6 is 11.9 Å². The number of nitrogens with one attached hydrogen (secondary N) is 2. The molecule has 0 aromatic heterocycles. The molecule has 2 N–H and O–H groups in total. The van der Waals surface area contributed by atoms with Gasteiger partial charge < -0.3 is 15.0 Å². The highest BCUT2D eigenvalue weighted by Crippen LogP contribution is 2.24. The maximum atomic E-state index is 12.8. The van der Waals surface area contributed by atoms with E-state index in [0.717, 1.165) is 11.3 Å². The van der Waals surface area contributed by atoms with Crippen LogP contribution in [0.15, 0.2) is 54.6 Å². The van der Waals surface area contributed by atoms with E-state index in [1.54, 1.807) is 11.2 Å². The fourth-order valence-electron chi connectivity index (χ4n) is 2.98. The Hall–Kier alpha value is -2.67. The molecule has 1 aliphatic rings. The summed E-state index contributed by atoms with van der Waals surface area (Å²) in [6.45, 7) is 0.621. The second kappa shape index (κ2) is 8.62. The number of amides is 3. The van der Waals surface area contributed by atoms with Crippen molar-refractivity contribution < 1.29 is 14.3 Å². The molecule has 0 saturated carbocycles. The molecule has 1 aliphatic heterocycles. The van der Waals surface area contributed by atoms with Gasteiger partial charge in [-0.25, -0.2) is 9.59 Å². The van der Waals surface area contributed by atoms with Crippen molar-refractivity contribution in [3.05, 3.63) is 65.7 Å². The predicted molar refractivity (Wildman–Crippen MR) is 103 cm³/mol. The van der Waals surface area contributed by atoms with Crippen molar-refractivity contribution in [2.24, 2.45) is 0 Å². The van der Waals surface area contributed by atoms with E-state index in [0.29, 0.717) is 13.0 Å². The molecule has 2 aromatic carbocycles. The van der Waals surface area contributed by atoms with Crippen molar-refractivity contribution in [3.8, 4) is 0 Å². The molecule has 1 atom stereocenters. The number of carbonyl (C=O) groups excluding carboxylic acids is 2. The van der Waals surface area contributed by atoms with Crippen LogP contribution in [0, 0.1) is 0 Å². The molecule has 0 saturated heterocycles. The highest BCUT2D eigenvalue weighted by atomic mass is 32.2. The summed E-state index contributed by atoms with van der Waals surface area (Å²) < 4.78 is 7.80. The molecular weight excluding hydrogens is 350 g/mol. The number of hydrogen-bond acceptors (Lipinski definition) is 4. The lowest BCUT2D eigenvalue weighted by atomic mass is 9.94. The Bertz CT molecular complexity index is 770. The van der Waals surface area contributed by atoms with E-state index in [1.165, 1.54) is 17.5 Å². The number of rotatable bonds is 4. The molecule has 0 aliphatic carbocycles. The maximum Gasteiger partial charge on any atom is 0.417 e. The van der Waals surface area contributed by atoms with Crippen molar-refractivity contribution in [2.45, 2.75) is 19.0 Å². The van der Waals surface area contributed by atoms with Gasteiger partial charge in [-0.05, 0) is 29.7 Å². The van der Waals surface area contributed by atoms with Crippen LogP contribution in [0.3, 0.4) is 0 Å². The summed E-state index contributed by atoms with van der Waals surface area (Å²) in [4.78, 5) is 26.2. The van der Waals surface area contributed by atoms with Gasteiger partial charge in [-0.1, -0.05) is 54.4 Å². The van der Waals surface area contributed by atoms with Crippen LogP contribution in [0.25, 0.3) is 0 Å². The molecular formula is C19H21N3O3S. The molecule has 2 aromatic rings. The second-order valence-electron chi connectivity index (χ2n) is 5.96. The van der Waals surface area contributed by atoms with E-state index in [2.05, 4.69) is 16.1 Å². The van der Waals surface area contributed by atoms with Crippen molar-refractivity contribution in [3.63, 3.8) is 0 Å². The van der Waals surface area contributed by atoms with E-state index in [-0.39, 0.29) is 18.7 Å². The van der Waals surface area contributed by atoms with Crippen LogP contribution in [-0.2, 0) is 17.7 Å². The Kier molecular flexibility index (Phi) is 6.01. The van der Waals surface area contributed by atoms with Crippen LogP contribution in [0.5, 0.6) is 0 Å². The van der Waals surface area contributed by atoms with Gasteiger partial charge >= 0.3 is 12.1 Å². The van der Waals surface area contributed by atoms with Crippen molar-refractivity contribution in [1.29, 1.82) is 0 Å². The largest absolute Gasteiger partial charge is 0.447 e. The number of carbonyl (C=O) groups is 2. The zero-order chi connectivity index (χ0) is 18.4. The molecule has 1 heterocycles. The maximum absolute atomic E-state index is 12.8. The third-order valence-corrected chi connectivity index (χ3v) is 4.60. The number of hydrogen-bond donors (Lipinski definition) is 2. The molecule has 7 heteroatoms. The van der Waals surface area contributed by atoms with Gasteiger partial charge in [0.1, 0.15) is 6.61 Å². The summed E-state index contributed by atoms with van der Waals surface area (Å²) in [5.41, 5.74) is 3.02. The van der Waals surface area contributed by atoms with Crippen LogP contribution in [0.2, 0.25) is 0 Å². The Morgan fingerprint density at radius 2 is 1.81 bits per heavy atom. The van der Waals surface area contributed by atoms with E-state index >= 15 is 0 Å². The topological polar surface area (TPSA) is 70.7 Å². The van der Waals surface area contributed by atoms with Gasteiger partial charge in [0.15, 0.2) is 0 Å². The molecule has 0 spiro atoms. The van der Waals surface area contributed by atoms with Crippen molar-refractivity contribution in [1.82, 2.24) is 9.62 Å². The fourth-order valence-corrected chi connectivity index (χ4v) is 3.20. The lowest BCUT2D eigenvalue weighted by Crippen LogP contribution is -2.49. The summed E-state index contributed by atoms with van der Waals surface area (Å²) in [7, 11) is 0. The van der Waals surface area contributed by atoms with E-state index in [4.69, 9.17) is 4.74 Å². The van der Waals surface area contributed by atoms with Gasteiger partial charge in [0.2, 0.25) is 0 Å². The number of urea groups is 1. The monoisotopic (exact) mass is 371 g/mol.